The number of amides is 2. The number of pyridine rings is 1. The molecule has 12 heteroatoms. The van der Waals surface area contributed by atoms with Crippen molar-refractivity contribution in [3.8, 4) is 11.1 Å². The summed E-state index contributed by atoms with van der Waals surface area (Å²) in [4.78, 5) is 35.9. The molecule has 0 radical (unpaired) electrons. The summed E-state index contributed by atoms with van der Waals surface area (Å²) in [6.07, 6.45) is 11.4. The van der Waals surface area contributed by atoms with Gasteiger partial charge in [-0.3, -0.25) is 30.1 Å². The molecule has 3 atom stereocenters. The van der Waals surface area contributed by atoms with E-state index in [9.17, 15) is 14.0 Å². The van der Waals surface area contributed by atoms with Crippen LogP contribution in [0.25, 0.3) is 11.1 Å². The molecule has 0 bridgehead atoms. The molecule has 0 aliphatic carbocycles. The molecule has 2 amide bonds. The molecule has 4 heterocycles. The number of dihydropyridines is 1. The van der Waals surface area contributed by atoms with Crippen molar-refractivity contribution in [2.45, 2.75) is 25.4 Å². The monoisotopic (exact) mass is 497 g/mol. The van der Waals surface area contributed by atoms with Gasteiger partial charge in [0.25, 0.3) is 5.91 Å². The van der Waals surface area contributed by atoms with Crippen molar-refractivity contribution < 1.29 is 23.5 Å². The van der Waals surface area contributed by atoms with Crippen molar-refractivity contribution in [2.75, 3.05) is 25.7 Å². The van der Waals surface area contributed by atoms with Crippen LogP contribution >= 0.6 is 0 Å². The second-order valence-electron chi connectivity index (χ2n) is 8.68. The number of methoxy groups -OCH3 is 1. The van der Waals surface area contributed by atoms with Crippen molar-refractivity contribution in [3.63, 3.8) is 0 Å². The number of aryl methyl sites for hydroxylation is 1. The van der Waals surface area contributed by atoms with E-state index in [1.54, 1.807) is 62.7 Å². The van der Waals surface area contributed by atoms with Gasteiger partial charge in [0.05, 0.1) is 30.5 Å². The van der Waals surface area contributed by atoms with E-state index in [1.165, 1.54) is 17.2 Å². The average Bonchev–Trinajstić information content (AvgIpc) is 3.30. The first-order valence-corrected chi connectivity index (χ1v) is 11.3. The number of fused-ring (bicyclic) bond motifs is 1. The zero-order valence-electron chi connectivity index (χ0n) is 20.4. The van der Waals surface area contributed by atoms with Crippen molar-refractivity contribution in [2.24, 2.45) is 18.0 Å². The van der Waals surface area contributed by atoms with Gasteiger partial charge in [-0.1, -0.05) is 0 Å². The van der Waals surface area contributed by atoms with E-state index in [1.807, 2.05) is 6.92 Å². The lowest BCUT2D eigenvalue weighted by Crippen LogP contribution is -2.54. The lowest BCUT2D eigenvalue weighted by Gasteiger charge is -2.40. The predicted molar refractivity (Wildman–Crippen MR) is 130 cm³/mol. The Balaban J connectivity index is 1.40. The first kappa shape index (κ1) is 25.0. The number of hydrogen-bond acceptors (Lipinski definition) is 8. The number of halogens is 1. The van der Waals surface area contributed by atoms with E-state index < -0.39 is 29.2 Å². The fraction of sp³-hybridized carbons (Fsp3) is 0.375. The number of ether oxygens (including phenoxy) is 2. The van der Waals surface area contributed by atoms with Gasteiger partial charge in [-0.15, -0.1) is 0 Å². The van der Waals surface area contributed by atoms with E-state index in [2.05, 4.69) is 25.9 Å². The van der Waals surface area contributed by atoms with E-state index >= 15 is 0 Å². The van der Waals surface area contributed by atoms with Gasteiger partial charge in [0, 0.05) is 43.9 Å². The third-order valence-electron chi connectivity index (χ3n) is 6.06. The predicted octanol–water partition coefficient (Wildman–Crippen LogP) is 1.81. The molecule has 190 valence electrons. The highest BCUT2D eigenvalue weighted by Crippen LogP contribution is 2.35. The summed E-state index contributed by atoms with van der Waals surface area (Å²) in [5.74, 6) is -1.84. The van der Waals surface area contributed by atoms with Gasteiger partial charge in [0.15, 0.2) is 11.6 Å². The number of nitrogens with one attached hydrogen (secondary N) is 2. The maximum absolute atomic E-state index is 14.6. The number of hydrogen-bond donors (Lipinski definition) is 2. The SMILES string of the molecule is COCCOC1=CC2C(=O)N([C@H](C)C(=O)NNc3ncc(-c4cnn(C)c4)cc3F)C=CC2(C)N=C1. The Morgan fingerprint density at radius 3 is 2.81 bits per heavy atom. The van der Waals surface area contributed by atoms with Gasteiger partial charge < -0.3 is 14.4 Å². The molecular weight excluding hydrogens is 469 g/mol. The van der Waals surface area contributed by atoms with Crippen molar-refractivity contribution in [3.05, 3.63) is 54.6 Å². The number of rotatable bonds is 9. The summed E-state index contributed by atoms with van der Waals surface area (Å²) in [6, 6.07) is 0.405. The molecule has 0 spiro atoms. The summed E-state index contributed by atoms with van der Waals surface area (Å²) < 4.78 is 26.8. The zero-order valence-corrected chi connectivity index (χ0v) is 20.4. The number of nitrogens with zero attached hydrogens (tertiary/aromatic N) is 5. The number of aromatic nitrogens is 3. The largest absolute Gasteiger partial charge is 0.490 e. The Bertz CT molecular complexity index is 1240. The molecule has 2 aromatic rings. The van der Waals surface area contributed by atoms with E-state index in [0.717, 1.165) is 0 Å². The second kappa shape index (κ2) is 10.3. The first-order chi connectivity index (χ1) is 17.2. The second-order valence-corrected chi connectivity index (χ2v) is 8.68. The molecule has 36 heavy (non-hydrogen) atoms. The molecule has 2 unspecified atom stereocenters. The van der Waals surface area contributed by atoms with Crippen LogP contribution in [0.3, 0.4) is 0 Å². The van der Waals surface area contributed by atoms with Gasteiger partial charge in [-0.2, -0.15) is 5.10 Å². The summed E-state index contributed by atoms with van der Waals surface area (Å²) in [6.45, 7) is 4.13. The quantitative estimate of drug-likeness (QED) is 0.400. The zero-order chi connectivity index (χ0) is 25.9. The molecule has 2 aliphatic heterocycles. The van der Waals surface area contributed by atoms with Crippen LogP contribution < -0.4 is 10.9 Å². The first-order valence-electron chi connectivity index (χ1n) is 11.3. The maximum Gasteiger partial charge on any atom is 0.261 e. The molecule has 0 aromatic carbocycles. The molecule has 11 nitrogen and oxygen atoms in total. The molecule has 2 N–H and O–H groups in total. The summed E-state index contributed by atoms with van der Waals surface area (Å²) >= 11 is 0. The van der Waals surface area contributed by atoms with Crippen LogP contribution in [-0.4, -0.2) is 69.6 Å². The molecule has 4 rings (SSSR count). The van der Waals surface area contributed by atoms with Crippen LogP contribution in [0, 0.1) is 11.7 Å². The highest BCUT2D eigenvalue weighted by Gasteiger charge is 2.44. The lowest BCUT2D eigenvalue weighted by atomic mass is 9.80. The van der Waals surface area contributed by atoms with E-state index in [-0.39, 0.29) is 11.7 Å². The Morgan fingerprint density at radius 1 is 1.31 bits per heavy atom. The van der Waals surface area contributed by atoms with Crippen LogP contribution in [0.5, 0.6) is 0 Å². The maximum atomic E-state index is 14.6. The van der Waals surface area contributed by atoms with Crippen LogP contribution in [0.4, 0.5) is 10.2 Å². The number of carbonyl (C=O) groups excluding carboxylic acids is 2. The lowest BCUT2D eigenvalue weighted by molar-refractivity contribution is -0.140. The van der Waals surface area contributed by atoms with Gasteiger partial charge >= 0.3 is 0 Å². The molecule has 0 saturated heterocycles. The Kier molecular flexibility index (Phi) is 7.15. The number of allylic oxidation sites excluding steroid dienone is 1. The minimum Gasteiger partial charge on any atom is -0.490 e. The highest BCUT2D eigenvalue weighted by molar-refractivity contribution is 5.93. The minimum atomic E-state index is -0.888. The Morgan fingerprint density at radius 2 is 2.11 bits per heavy atom. The third-order valence-corrected chi connectivity index (χ3v) is 6.06. The fourth-order valence-corrected chi connectivity index (χ4v) is 3.85. The summed E-state index contributed by atoms with van der Waals surface area (Å²) in [7, 11) is 3.33. The highest BCUT2D eigenvalue weighted by atomic mass is 19.1. The molecular formula is C24H28FN7O4. The number of anilines is 1. The molecule has 0 saturated carbocycles. The number of carbonyl (C=O) groups is 2. The van der Waals surface area contributed by atoms with Gasteiger partial charge in [0.2, 0.25) is 5.91 Å². The third kappa shape index (κ3) is 5.13. The molecule has 0 fully saturated rings. The number of aliphatic imine (C=N–C) groups is 1. The van der Waals surface area contributed by atoms with Crippen LogP contribution in [0.15, 0.2) is 53.8 Å². The minimum absolute atomic E-state index is 0.154. The van der Waals surface area contributed by atoms with Gasteiger partial charge in [-0.25, -0.2) is 9.37 Å². The van der Waals surface area contributed by atoms with E-state index in [4.69, 9.17) is 9.47 Å². The molecule has 2 aliphatic rings. The van der Waals surface area contributed by atoms with Crippen LogP contribution in [0.2, 0.25) is 0 Å². The van der Waals surface area contributed by atoms with Crippen molar-refractivity contribution >= 4 is 23.8 Å². The Labute approximate surface area is 207 Å². The van der Waals surface area contributed by atoms with Crippen molar-refractivity contribution in [1.82, 2.24) is 25.1 Å². The average molecular weight is 498 g/mol. The standard InChI is InChI=1S/C24H28FN7O4/c1-15(22(33)30-29-21-20(25)9-16(11-26-21)17-12-28-31(3)14-17)32-6-5-24(2)19(23(32)34)10-18(13-27-24)36-8-7-35-4/h5-6,9-15,19H,7-8H2,1-4H3,(H,26,29)(H,30,33)/t15-,19?,24?/m1/s1. The smallest absolute Gasteiger partial charge is 0.261 e. The Hall–Kier alpha value is -4.06. The normalized spacial score (nSPS) is 21.6. The van der Waals surface area contributed by atoms with Gasteiger partial charge in [-0.05, 0) is 32.1 Å². The van der Waals surface area contributed by atoms with E-state index in [0.29, 0.717) is 30.1 Å². The van der Waals surface area contributed by atoms with Crippen molar-refractivity contribution in [1.29, 1.82) is 0 Å². The molecule has 2 aromatic heterocycles. The number of hydrazine groups is 1. The van der Waals surface area contributed by atoms with Crippen LogP contribution in [0.1, 0.15) is 13.8 Å². The van der Waals surface area contributed by atoms with Crippen LogP contribution in [-0.2, 0) is 26.1 Å². The fourth-order valence-electron chi connectivity index (χ4n) is 3.85. The summed E-state index contributed by atoms with van der Waals surface area (Å²) in [5, 5.41) is 4.06. The topological polar surface area (TPSA) is 123 Å². The summed E-state index contributed by atoms with van der Waals surface area (Å²) in [5.41, 5.74) is 5.40. The van der Waals surface area contributed by atoms with Gasteiger partial charge in [0.1, 0.15) is 18.4 Å².